The van der Waals surface area contributed by atoms with Crippen LogP contribution in [-0.2, 0) is 16.0 Å². The standard InChI is InChI=1S/C12H19NO2S/c1-10(8-15-11-4-5-14-9-11)13-7-12-3-2-6-16-12/h2-3,6,10-11,13H,4-5,7-9H2,1H3. The molecule has 0 bridgehead atoms. The van der Waals surface area contributed by atoms with Crippen molar-refractivity contribution in [2.45, 2.75) is 32.0 Å². The van der Waals surface area contributed by atoms with E-state index in [1.807, 2.05) is 0 Å². The van der Waals surface area contributed by atoms with Gasteiger partial charge in [0.1, 0.15) is 0 Å². The molecule has 0 spiro atoms. The predicted octanol–water partition coefficient (Wildman–Crippen LogP) is 2.03. The Morgan fingerprint density at radius 2 is 2.62 bits per heavy atom. The highest BCUT2D eigenvalue weighted by Gasteiger charge is 2.16. The zero-order valence-corrected chi connectivity index (χ0v) is 10.5. The van der Waals surface area contributed by atoms with Crippen LogP contribution in [0.5, 0.6) is 0 Å². The van der Waals surface area contributed by atoms with E-state index in [1.54, 1.807) is 11.3 Å². The Morgan fingerprint density at radius 3 is 3.31 bits per heavy atom. The Morgan fingerprint density at radius 1 is 1.69 bits per heavy atom. The fourth-order valence-corrected chi connectivity index (χ4v) is 2.33. The second-order valence-electron chi connectivity index (χ2n) is 4.18. The molecule has 0 radical (unpaired) electrons. The molecule has 2 unspecified atom stereocenters. The summed E-state index contributed by atoms with van der Waals surface area (Å²) in [5, 5.41) is 5.56. The van der Waals surface area contributed by atoms with Crippen molar-refractivity contribution in [2.75, 3.05) is 19.8 Å². The zero-order chi connectivity index (χ0) is 11.2. The van der Waals surface area contributed by atoms with Gasteiger partial charge >= 0.3 is 0 Å². The first-order valence-electron chi connectivity index (χ1n) is 5.79. The summed E-state index contributed by atoms with van der Waals surface area (Å²) < 4.78 is 11.0. The third-order valence-electron chi connectivity index (χ3n) is 2.67. The summed E-state index contributed by atoms with van der Waals surface area (Å²) in [4.78, 5) is 1.37. The van der Waals surface area contributed by atoms with Gasteiger partial charge in [-0.2, -0.15) is 0 Å². The minimum atomic E-state index is 0.311. The molecule has 1 aromatic rings. The second kappa shape index (κ2) is 6.35. The van der Waals surface area contributed by atoms with Gasteiger partial charge in [-0.05, 0) is 24.8 Å². The monoisotopic (exact) mass is 241 g/mol. The molecule has 2 rings (SSSR count). The summed E-state index contributed by atoms with van der Waals surface area (Å²) in [6.07, 6.45) is 1.35. The molecule has 3 nitrogen and oxygen atoms in total. The minimum absolute atomic E-state index is 0.311. The van der Waals surface area contributed by atoms with Gasteiger partial charge in [0.25, 0.3) is 0 Å². The average Bonchev–Trinajstić information content (AvgIpc) is 2.96. The molecule has 2 atom stereocenters. The van der Waals surface area contributed by atoms with Crippen LogP contribution in [0.25, 0.3) is 0 Å². The molecule has 1 fully saturated rings. The maximum Gasteiger partial charge on any atom is 0.0831 e. The highest BCUT2D eigenvalue weighted by Crippen LogP contribution is 2.10. The van der Waals surface area contributed by atoms with Crippen LogP contribution in [-0.4, -0.2) is 32.0 Å². The lowest BCUT2D eigenvalue weighted by Gasteiger charge is -2.16. The fourth-order valence-electron chi connectivity index (χ4n) is 1.67. The van der Waals surface area contributed by atoms with E-state index < -0.39 is 0 Å². The Labute approximate surface area is 101 Å². The van der Waals surface area contributed by atoms with Gasteiger partial charge in [-0.15, -0.1) is 11.3 Å². The van der Waals surface area contributed by atoms with Gasteiger partial charge in [0.2, 0.25) is 0 Å². The summed E-state index contributed by atoms with van der Waals surface area (Å²) in [5.41, 5.74) is 0. The smallest absolute Gasteiger partial charge is 0.0831 e. The maximum atomic E-state index is 5.75. The van der Waals surface area contributed by atoms with Crippen molar-refractivity contribution >= 4 is 11.3 Å². The number of ether oxygens (including phenoxy) is 2. The molecule has 1 N–H and O–H groups in total. The van der Waals surface area contributed by atoms with Crippen LogP contribution >= 0.6 is 11.3 Å². The van der Waals surface area contributed by atoms with E-state index in [4.69, 9.17) is 9.47 Å². The molecule has 2 heterocycles. The topological polar surface area (TPSA) is 30.5 Å². The van der Waals surface area contributed by atoms with Crippen LogP contribution in [0, 0.1) is 0 Å². The van der Waals surface area contributed by atoms with Gasteiger partial charge in [-0.25, -0.2) is 0 Å². The Kier molecular flexibility index (Phi) is 4.78. The molecule has 0 saturated carbocycles. The van der Waals surface area contributed by atoms with Crippen LogP contribution in [0.1, 0.15) is 18.2 Å². The lowest BCUT2D eigenvalue weighted by molar-refractivity contribution is 0.0323. The van der Waals surface area contributed by atoms with Gasteiger partial charge in [-0.3, -0.25) is 0 Å². The minimum Gasteiger partial charge on any atom is -0.379 e. The van der Waals surface area contributed by atoms with E-state index in [-0.39, 0.29) is 0 Å². The van der Waals surface area contributed by atoms with E-state index in [2.05, 4.69) is 29.8 Å². The average molecular weight is 241 g/mol. The van der Waals surface area contributed by atoms with E-state index in [0.717, 1.165) is 32.8 Å². The van der Waals surface area contributed by atoms with E-state index >= 15 is 0 Å². The molecule has 1 aliphatic rings. The highest BCUT2D eigenvalue weighted by molar-refractivity contribution is 7.09. The third-order valence-corrected chi connectivity index (χ3v) is 3.55. The largest absolute Gasteiger partial charge is 0.379 e. The van der Waals surface area contributed by atoms with Crippen LogP contribution < -0.4 is 5.32 Å². The Hall–Kier alpha value is -0.420. The normalized spacial score (nSPS) is 22.4. The van der Waals surface area contributed by atoms with Gasteiger partial charge in [-0.1, -0.05) is 6.07 Å². The first-order valence-corrected chi connectivity index (χ1v) is 6.67. The number of nitrogens with one attached hydrogen (secondary N) is 1. The lowest BCUT2D eigenvalue weighted by Crippen LogP contribution is -2.31. The quantitative estimate of drug-likeness (QED) is 0.826. The third kappa shape index (κ3) is 3.87. The van der Waals surface area contributed by atoms with Crippen molar-refractivity contribution in [3.63, 3.8) is 0 Å². The first kappa shape index (κ1) is 12.0. The lowest BCUT2D eigenvalue weighted by atomic mass is 10.3. The summed E-state index contributed by atoms with van der Waals surface area (Å²) >= 11 is 1.78. The molecular weight excluding hydrogens is 222 g/mol. The number of thiophene rings is 1. The van der Waals surface area contributed by atoms with Crippen LogP contribution in [0.15, 0.2) is 17.5 Å². The predicted molar refractivity (Wildman–Crippen MR) is 65.8 cm³/mol. The van der Waals surface area contributed by atoms with E-state index in [9.17, 15) is 0 Å². The van der Waals surface area contributed by atoms with Crippen LogP contribution in [0.2, 0.25) is 0 Å². The summed E-state index contributed by atoms with van der Waals surface area (Å²) in [6.45, 7) is 5.46. The molecule has 0 amide bonds. The Balaban J connectivity index is 1.58. The fraction of sp³-hybridized carbons (Fsp3) is 0.667. The van der Waals surface area contributed by atoms with E-state index in [0.29, 0.717) is 12.1 Å². The van der Waals surface area contributed by atoms with Gasteiger partial charge in [0.05, 0.1) is 19.3 Å². The molecule has 4 heteroatoms. The first-order chi connectivity index (χ1) is 7.84. The van der Waals surface area contributed by atoms with Crippen molar-refractivity contribution in [2.24, 2.45) is 0 Å². The molecule has 90 valence electrons. The number of hydrogen-bond donors (Lipinski definition) is 1. The van der Waals surface area contributed by atoms with Crippen molar-refractivity contribution in [3.05, 3.63) is 22.4 Å². The van der Waals surface area contributed by atoms with Crippen LogP contribution in [0.4, 0.5) is 0 Å². The van der Waals surface area contributed by atoms with Crippen molar-refractivity contribution in [1.29, 1.82) is 0 Å². The highest BCUT2D eigenvalue weighted by atomic mass is 32.1. The van der Waals surface area contributed by atoms with Gasteiger partial charge < -0.3 is 14.8 Å². The van der Waals surface area contributed by atoms with Crippen molar-refractivity contribution in [3.8, 4) is 0 Å². The summed E-state index contributed by atoms with van der Waals surface area (Å²) in [7, 11) is 0. The maximum absolute atomic E-state index is 5.75. The molecular formula is C12H19NO2S. The zero-order valence-electron chi connectivity index (χ0n) is 9.65. The van der Waals surface area contributed by atoms with Gasteiger partial charge in [0, 0.05) is 24.1 Å². The molecule has 1 aromatic heterocycles. The SMILES string of the molecule is CC(COC1CCOC1)NCc1cccs1. The van der Waals surface area contributed by atoms with Crippen molar-refractivity contribution < 1.29 is 9.47 Å². The molecule has 1 saturated heterocycles. The number of hydrogen-bond acceptors (Lipinski definition) is 4. The van der Waals surface area contributed by atoms with Crippen molar-refractivity contribution in [1.82, 2.24) is 5.32 Å². The van der Waals surface area contributed by atoms with E-state index in [1.165, 1.54) is 4.88 Å². The van der Waals surface area contributed by atoms with Crippen LogP contribution in [0.3, 0.4) is 0 Å². The molecule has 1 aliphatic heterocycles. The summed E-state index contributed by atoms with van der Waals surface area (Å²) in [6, 6.07) is 4.62. The van der Waals surface area contributed by atoms with Gasteiger partial charge in [0.15, 0.2) is 0 Å². The summed E-state index contributed by atoms with van der Waals surface area (Å²) in [5.74, 6) is 0. The number of rotatable bonds is 6. The molecule has 16 heavy (non-hydrogen) atoms. The molecule has 0 aliphatic carbocycles. The Bertz CT molecular complexity index is 283. The second-order valence-corrected chi connectivity index (χ2v) is 5.21. The molecule has 0 aromatic carbocycles.